The lowest BCUT2D eigenvalue weighted by Crippen LogP contribution is -2.35. The van der Waals surface area contributed by atoms with Crippen molar-refractivity contribution in [2.45, 2.75) is 45.1 Å². The van der Waals surface area contributed by atoms with Gasteiger partial charge in [0.1, 0.15) is 0 Å². The van der Waals surface area contributed by atoms with E-state index in [1.165, 1.54) is 32.4 Å². The molecule has 0 saturated carbocycles. The molecular weight excluding hydrogens is 230 g/mol. The maximum atomic E-state index is 8.79. The van der Waals surface area contributed by atoms with Crippen LogP contribution >= 0.6 is 11.3 Å². The first-order valence-corrected chi connectivity index (χ1v) is 7.66. The molecule has 0 aromatic carbocycles. The zero-order chi connectivity index (χ0) is 12.1. The van der Waals surface area contributed by atoms with Crippen LogP contribution in [0.15, 0.2) is 11.4 Å². The van der Waals surface area contributed by atoms with Gasteiger partial charge in [0.15, 0.2) is 0 Å². The van der Waals surface area contributed by atoms with Crippen LogP contribution in [0.5, 0.6) is 0 Å². The molecule has 2 heterocycles. The molecule has 1 aliphatic heterocycles. The SMILES string of the molecule is CCC1c2ccsc2CCN1CCCCCO. The van der Waals surface area contributed by atoms with Gasteiger partial charge in [-0.25, -0.2) is 0 Å². The Bertz CT molecular complexity index is 337. The fraction of sp³-hybridized carbons (Fsp3) is 0.714. The number of unbranched alkanes of at least 4 members (excludes halogenated alkanes) is 2. The van der Waals surface area contributed by atoms with Crippen LogP contribution in [0.2, 0.25) is 0 Å². The predicted molar refractivity (Wildman–Crippen MR) is 73.6 cm³/mol. The van der Waals surface area contributed by atoms with E-state index in [1.54, 1.807) is 10.4 Å². The molecule has 2 rings (SSSR count). The second-order valence-corrected chi connectivity index (χ2v) is 5.79. The zero-order valence-corrected chi connectivity index (χ0v) is 11.5. The summed E-state index contributed by atoms with van der Waals surface area (Å²) in [6.07, 6.45) is 5.76. The fourth-order valence-electron chi connectivity index (χ4n) is 2.80. The maximum absolute atomic E-state index is 8.79. The van der Waals surface area contributed by atoms with E-state index in [-0.39, 0.29) is 0 Å². The largest absolute Gasteiger partial charge is 0.396 e. The fourth-order valence-corrected chi connectivity index (χ4v) is 3.73. The van der Waals surface area contributed by atoms with Gasteiger partial charge < -0.3 is 5.11 Å². The number of thiophene rings is 1. The number of rotatable bonds is 6. The quantitative estimate of drug-likeness (QED) is 0.787. The molecular formula is C14H23NOS. The van der Waals surface area contributed by atoms with Gasteiger partial charge in [-0.3, -0.25) is 4.90 Å². The van der Waals surface area contributed by atoms with Crippen molar-refractivity contribution >= 4 is 11.3 Å². The van der Waals surface area contributed by atoms with Crippen LogP contribution in [0, 0.1) is 0 Å². The van der Waals surface area contributed by atoms with Crippen LogP contribution in [-0.2, 0) is 6.42 Å². The average Bonchev–Trinajstić information content (AvgIpc) is 2.82. The number of aliphatic hydroxyl groups is 1. The minimum atomic E-state index is 0.339. The number of hydrogen-bond acceptors (Lipinski definition) is 3. The number of hydrogen-bond donors (Lipinski definition) is 1. The van der Waals surface area contributed by atoms with E-state index in [0.717, 1.165) is 12.8 Å². The summed E-state index contributed by atoms with van der Waals surface area (Å²) in [4.78, 5) is 4.23. The van der Waals surface area contributed by atoms with E-state index in [4.69, 9.17) is 5.11 Å². The molecule has 0 fully saturated rings. The number of aliphatic hydroxyl groups excluding tert-OH is 1. The van der Waals surface area contributed by atoms with Crippen LogP contribution in [-0.4, -0.2) is 29.7 Å². The molecule has 3 heteroatoms. The van der Waals surface area contributed by atoms with Gasteiger partial charge in [-0.2, -0.15) is 0 Å². The number of fused-ring (bicyclic) bond motifs is 1. The van der Waals surface area contributed by atoms with E-state index in [1.807, 2.05) is 11.3 Å². The molecule has 1 unspecified atom stereocenters. The molecule has 0 bridgehead atoms. The highest BCUT2D eigenvalue weighted by Gasteiger charge is 2.25. The van der Waals surface area contributed by atoms with Crippen molar-refractivity contribution < 1.29 is 5.11 Å². The molecule has 1 aliphatic rings. The smallest absolute Gasteiger partial charge is 0.0431 e. The molecule has 1 aromatic heterocycles. The summed E-state index contributed by atoms with van der Waals surface area (Å²) in [7, 11) is 0. The highest BCUT2D eigenvalue weighted by Crippen LogP contribution is 2.35. The second kappa shape index (κ2) is 6.53. The van der Waals surface area contributed by atoms with Gasteiger partial charge >= 0.3 is 0 Å². The first-order valence-electron chi connectivity index (χ1n) is 6.78. The third-order valence-electron chi connectivity index (χ3n) is 3.70. The van der Waals surface area contributed by atoms with Crippen molar-refractivity contribution in [3.63, 3.8) is 0 Å². The lowest BCUT2D eigenvalue weighted by Gasteiger charge is -2.35. The predicted octanol–water partition coefficient (Wildman–Crippen LogP) is 3.22. The maximum Gasteiger partial charge on any atom is 0.0431 e. The van der Waals surface area contributed by atoms with Gasteiger partial charge in [0.05, 0.1) is 0 Å². The lowest BCUT2D eigenvalue weighted by molar-refractivity contribution is 0.176. The van der Waals surface area contributed by atoms with Crippen molar-refractivity contribution in [3.8, 4) is 0 Å². The average molecular weight is 253 g/mol. The molecule has 0 saturated heterocycles. The highest BCUT2D eigenvalue weighted by atomic mass is 32.1. The van der Waals surface area contributed by atoms with Gasteiger partial charge in [-0.15, -0.1) is 11.3 Å². The second-order valence-electron chi connectivity index (χ2n) is 4.79. The first-order chi connectivity index (χ1) is 8.36. The third kappa shape index (κ3) is 3.09. The molecule has 2 nitrogen and oxygen atoms in total. The van der Waals surface area contributed by atoms with Crippen LogP contribution in [0.25, 0.3) is 0 Å². The molecule has 17 heavy (non-hydrogen) atoms. The van der Waals surface area contributed by atoms with E-state index in [0.29, 0.717) is 12.6 Å². The Labute approximate surface area is 108 Å². The minimum absolute atomic E-state index is 0.339. The van der Waals surface area contributed by atoms with Gasteiger partial charge in [0.2, 0.25) is 0 Å². The Balaban J connectivity index is 1.91. The van der Waals surface area contributed by atoms with Crippen LogP contribution in [0.4, 0.5) is 0 Å². The van der Waals surface area contributed by atoms with Gasteiger partial charge in [-0.1, -0.05) is 6.92 Å². The Kier molecular flexibility index (Phi) is 5.01. The van der Waals surface area contributed by atoms with Crippen LogP contribution in [0.3, 0.4) is 0 Å². The standard InChI is InChI=1S/C14H23NOS/c1-2-13-12-7-11-17-14(12)6-9-15(13)8-4-3-5-10-16/h7,11,13,16H,2-6,8-10H2,1H3. The molecule has 96 valence electrons. The molecule has 0 spiro atoms. The molecule has 1 aromatic rings. The Morgan fingerprint density at radius 1 is 1.41 bits per heavy atom. The van der Waals surface area contributed by atoms with Crippen molar-refractivity contribution in [2.75, 3.05) is 19.7 Å². The van der Waals surface area contributed by atoms with Crippen LogP contribution in [0.1, 0.15) is 49.1 Å². The summed E-state index contributed by atoms with van der Waals surface area (Å²) < 4.78 is 0. The Morgan fingerprint density at radius 3 is 3.06 bits per heavy atom. The van der Waals surface area contributed by atoms with Crippen molar-refractivity contribution in [1.29, 1.82) is 0 Å². The van der Waals surface area contributed by atoms with Crippen molar-refractivity contribution in [2.24, 2.45) is 0 Å². The third-order valence-corrected chi connectivity index (χ3v) is 4.69. The van der Waals surface area contributed by atoms with Crippen molar-refractivity contribution in [1.82, 2.24) is 4.90 Å². The minimum Gasteiger partial charge on any atom is -0.396 e. The summed E-state index contributed by atoms with van der Waals surface area (Å²) in [6.45, 7) is 5.03. The van der Waals surface area contributed by atoms with E-state index in [9.17, 15) is 0 Å². The molecule has 0 aliphatic carbocycles. The van der Waals surface area contributed by atoms with Gasteiger partial charge in [-0.05, 0) is 55.7 Å². The Morgan fingerprint density at radius 2 is 2.29 bits per heavy atom. The number of nitrogens with zero attached hydrogens (tertiary/aromatic N) is 1. The molecule has 1 atom stereocenters. The van der Waals surface area contributed by atoms with Crippen molar-refractivity contribution in [3.05, 3.63) is 21.9 Å². The van der Waals surface area contributed by atoms with E-state index in [2.05, 4.69) is 23.3 Å². The first kappa shape index (κ1) is 13.1. The molecule has 0 radical (unpaired) electrons. The van der Waals surface area contributed by atoms with Gasteiger partial charge in [0, 0.05) is 24.1 Å². The summed E-state index contributed by atoms with van der Waals surface area (Å²) in [5.41, 5.74) is 1.57. The summed E-state index contributed by atoms with van der Waals surface area (Å²) in [6, 6.07) is 2.95. The monoisotopic (exact) mass is 253 g/mol. The highest BCUT2D eigenvalue weighted by molar-refractivity contribution is 7.10. The summed E-state index contributed by atoms with van der Waals surface area (Å²) >= 11 is 1.92. The zero-order valence-electron chi connectivity index (χ0n) is 10.7. The van der Waals surface area contributed by atoms with Gasteiger partial charge in [0.25, 0.3) is 0 Å². The Hall–Kier alpha value is -0.380. The summed E-state index contributed by atoms with van der Waals surface area (Å²) in [5.74, 6) is 0. The van der Waals surface area contributed by atoms with E-state index < -0.39 is 0 Å². The topological polar surface area (TPSA) is 23.5 Å². The van der Waals surface area contributed by atoms with Crippen LogP contribution < -0.4 is 0 Å². The van der Waals surface area contributed by atoms with E-state index >= 15 is 0 Å². The normalized spacial score (nSPS) is 20.5. The summed E-state index contributed by atoms with van der Waals surface area (Å²) in [5, 5.41) is 11.0. The lowest BCUT2D eigenvalue weighted by atomic mass is 9.97. The molecule has 1 N–H and O–H groups in total. The molecule has 0 amide bonds.